The molecule has 0 bridgehead atoms. The third-order valence-corrected chi connectivity index (χ3v) is 1.60. The lowest BCUT2D eigenvalue weighted by Gasteiger charge is -2.13. The largest absolute Gasteiger partial charge is 0.367 e. The van der Waals surface area contributed by atoms with Crippen LogP contribution in [0.5, 0.6) is 0 Å². The number of ether oxygens (including phenoxy) is 1. The zero-order valence-corrected chi connectivity index (χ0v) is 6.29. The Labute approximate surface area is 56.7 Å². The molecule has 52 valence electrons. The van der Waals surface area contributed by atoms with Gasteiger partial charge in [0.25, 0.3) is 0 Å². The monoisotopic (exact) mass is 126 g/mol. The SMILES string of the molecule is CC1C=CC(C(C)C)O1. The van der Waals surface area contributed by atoms with Crippen LogP contribution >= 0.6 is 0 Å². The summed E-state index contributed by atoms with van der Waals surface area (Å²) in [7, 11) is 0. The van der Waals surface area contributed by atoms with Gasteiger partial charge < -0.3 is 4.74 Å². The molecule has 0 radical (unpaired) electrons. The van der Waals surface area contributed by atoms with Crippen molar-refractivity contribution in [3.05, 3.63) is 12.2 Å². The molecule has 0 saturated heterocycles. The number of hydrogen-bond acceptors (Lipinski definition) is 1. The van der Waals surface area contributed by atoms with E-state index >= 15 is 0 Å². The Hall–Kier alpha value is -0.300. The van der Waals surface area contributed by atoms with Crippen LogP contribution in [0, 0.1) is 5.92 Å². The predicted molar refractivity (Wildman–Crippen MR) is 38.3 cm³/mol. The quantitative estimate of drug-likeness (QED) is 0.488. The normalized spacial score (nSPS) is 34.2. The second-order valence-electron chi connectivity index (χ2n) is 2.93. The average molecular weight is 126 g/mol. The molecule has 0 aromatic rings. The Morgan fingerprint density at radius 1 is 1.33 bits per heavy atom. The van der Waals surface area contributed by atoms with Gasteiger partial charge >= 0.3 is 0 Å². The minimum atomic E-state index is 0.331. The van der Waals surface area contributed by atoms with Crippen molar-refractivity contribution in [1.29, 1.82) is 0 Å². The third kappa shape index (κ3) is 1.55. The molecular weight excluding hydrogens is 112 g/mol. The first-order valence-electron chi connectivity index (χ1n) is 3.54. The molecule has 0 saturated carbocycles. The minimum Gasteiger partial charge on any atom is -0.367 e. The Balaban J connectivity index is 2.41. The van der Waals surface area contributed by atoms with Gasteiger partial charge in [0.1, 0.15) is 0 Å². The molecule has 0 spiro atoms. The van der Waals surface area contributed by atoms with Crippen LogP contribution in [-0.2, 0) is 4.74 Å². The summed E-state index contributed by atoms with van der Waals surface area (Å²) in [6, 6.07) is 0. The molecule has 1 aliphatic heterocycles. The maximum absolute atomic E-state index is 5.51. The summed E-state index contributed by atoms with van der Waals surface area (Å²) in [6.45, 7) is 6.42. The van der Waals surface area contributed by atoms with Crippen LogP contribution in [0.25, 0.3) is 0 Å². The lowest BCUT2D eigenvalue weighted by molar-refractivity contribution is 0.0444. The van der Waals surface area contributed by atoms with Gasteiger partial charge in [-0.25, -0.2) is 0 Å². The molecule has 2 atom stereocenters. The van der Waals surface area contributed by atoms with Gasteiger partial charge in [0.05, 0.1) is 12.2 Å². The van der Waals surface area contributed by atoms with Crippen molar-refractivity contribution in [3.8, 4) is 0 Å². The number of rotatable bonds is 1. The molecule has 1 heteroatoms. The van der Waals surface area contributed by atoms with E-state index in [0.29, 0.717) is 18.1 Å². The molecule has 2 unspecified atom stereocenters. The summed E-state index contributed by atoms with van der Waals surface area (Å²) in [6.07, 6.45) is 4.96. The van der Waals surface area contributed by atoms with E-state index in [1.165, 1.54) is 0 Å². The summed E-state index contributed by atoms with van der Waals surface area (Å²) in [4.78, 5) is 0. The molecule has 0 amide bonds. The second-order valence-corrected chi connectivity index (χ2v) is 2.93. The van der Waals surface area contributed by atoms with Gasteiger partial charge in [0, 0.05) is 0 Å². The van der Waals surface area contributed by atoms with Gasteiger partial charge in [-0.05, 0) is 12.8 Å². The molecule has 0 fully saturated rings. The third-order valence-electron chi connectivity index (χ3n) is 1.60. The first kappa shape index (κ1) is 6.81. The lowest BCUT2D eigenvalue weighted by Crippen LogP contribution is -2.15. The van der Waals surface area contributed by atoms with E-state index < -0.39 is 0 Å². The average Bonchev–Trinajstić information content (AvgIpc) is 2.14. The van der Waals surface area contributed by atoms with Crippen molar-refractivity contribution in [3.63, 3.8) is 0 Å². The highest BCUT2D eigenvalue weighted by Crippen LogP contribution is 2.17. The fourth-order valence-corrected chi connectivity index (χ4v) is 0.984. The fourth-order valence-electron chi connectivity index (χ4n) is 0.984. The highest BCUT2D eigenvalue weighted by Gasteiger charge is 2.17. The van der Waals surface area contributed by atoms with Crippen LogP contribution in [0.4, 0.5) is 0 Å². The molecule has 1 nitrogen and oxygen atoms in total. The van der Waals surface area contributed by atoms with Crippen molar-refractivity contribution in [1.82, 2.24) is 0 Å². The maximum atomic E-state index is 5.51. The van der Waals surface area contributed by atoms with E-state index in [4.69, 9.17) is 4.74 Å². The van der Waals surface area contributed by atoms with Crippen molar-refractivity contribution in [2.45, 2.75) is 33.0 Å². The molecule has 1 heterocycles. The summed E-state index contributed by atoms with van der Waals surface area (Å²) in [5.41, 5.74) is 0. The molecule has 1 rings (SSSR count). The van der Waals surface area contributed by atoms with Gasteiger partial charge in [-0.2, -0.15) is 0 Å². The van der Waals surface area contributed by atoms with Crippen LogP contribution in [0.2, 0.25) is 0 Å². The van der Waals surface area contributed by atoms with Crippen LogP contribution < -0.4 is 0 Å². The van der Waals surface area contributed by atoms with Crippen molar-refractivity contribution in [2.24, 2.45) is 5.92 Å². The maximum Gasteiger partial charge on any atom is 0.0787 e. The molecule has 0 aromatic heterocycles. The van der Waals surface area contributed by atoms with Crippen molar-refractivity contribution >= 4 is 0 Å². The predicted octanol–water partition coefficient (Wildman–Crippen LogP) is 1.99. The molecule has 1 aliphatic rings. The molecular formula is C8H14O. The zero-order chi connectivity index (χ0) is 6.85. The minimum absolute atomic E-state index is 0.331. The van der Waals surface area contributed by atoms with Crippen LogP contribution in [0.3, 0.4) is 0 Å². The first-order valence-corrected chi connectivity index (χ1v) is 3.54. The standard InChI is InChI=1S/C8H14O/c1-6(2)8-5-4-7(3)9-8/h4-8H,1-3H3. The molecule has 0 N–H and O–H groups in total. The molecule has 0 aliphatic carbocycles. The first-order chi connectivity index (χ1) is 4.20. The summed E-state index contributed by atoms with van der Waals surface area (Å²) < 4.78 is 5.51. The smallest absolute Gasteiger partial charge is 0.0787 e. The van der Waals surface area contributed by atoms with Crippen LogP contribution in [0.1, 0.15) is 20.8 Å². The van der Waals surface area contributed by atoms with E-state index in [1.807, 2.05) is 0 Å². The topological polar surface area (TPSA) is 9.23 Å². The molecule has 9 heavy (non-hydrogen) atoms. The van der Waals surface area contributed by atoms with Gasteiger partial charge in [-0.3, -0.25) is 0 Å². The summed E-state index contributed by atoms with van der Waals surface area (Å²) >= 11 is 0. The Morgan fingerprint density at radius 2 is 2.00 bits per heavy atom. The lowest BCUT2D eigenvalue weighted by atomic mass is 10.1. The highest BCUT2D eigenvalue weighted by molar-refractivity contribution is 5.01. The van der Waals surface area contributed by atoms with Crippen molar-refractivity contribution in [2.75, 3.05) is 0 Å². The van der Waals surface area contributed by atoms with E-state index in [1.54, 1.807) is 0 Å². The van der Waals surface area contributed by atoms with Gasteiger partial charge in [0.15, 0.2) is 0 Å². The van der Waals surface area contributed by atoms with E-state index in [2.05, 4.69) is 32.9 Å². The number of hydrogen-bond donors (Lipinski definition) is 0. The molecule has 0 aromatic carbocycles. The van der Waals surface area contributed by atoms with E-state index in [-0.39, 0.29) is 0 Å². The Morgan fingerprint density at radius 3 is 2.22 bits per heavy atom. The van der Waals surface area contributed by atoms with Crippen molar-refractivity contribution < 1.29 is 4.74 Å². The summed E-state index contributed by atoms with van der Waals surface area (Å²) in [5, 5.41) is 0. The highest BCUT2D eigenvalue weighted by atomic mass is 16.5. The summed E-state index contributed by atoms with van der Waals surface area (Å²) in [5.74, 6) is 0.617. The fraction of sp³-hybridized carbons (Fsp3) is 0.750. The van der Waals surface area contributed by atoms with Gasteiger partial charge in [-0.15, -0.1) is 0 Å². The van der Waals surface area contributed by atoms with Crippen LogP contribution in [-0.4, -0.2) is 12.2 Å². The van der Waals surface area contributed by atoms with Gasteiger partial charge in [-0.1, -0.05) is 26.0 Å². The van der Waals surface area contributed by atoms with E-state index in [0.717, 1.165) is 0 Å². The zero-order valence-electron chi connectivity index (χ0n) is 6.29. The van der Waals surface area contributed by atoms with Crippen LogP contribution in [0.15, 0.2) is 12.2 Å². The Bertz CT molecular complexity index is 116. The second kappa shape index (κ2) is 2.53. The van der Waals surface area contributed by atoms with Gasteiger partial charge in [0.2, 0.25) is 0 Å². The Kier molecular flexibility index (Phi) is 1.91. The van der Waals surface area contributed by atoms with E-state index in [9.17, 15) is 0 Å².